The number of hydrogen-bond acceptors (Lipinski definition) is 4. The maximum absolute atomic E-state index is 12.0. The molecule has 0 bridgehead atoms. The number of carbonyl (C=O) groups is 2. The van der Waals surface area contributed by atoms with Crippen LogP contribution in [0, 0.1) is 6.92 Å². The van der Waals surface area contributed by atoms with Gasteiger partial charge in [0.25, 0.3) is 5.91 Å². The maximum atomic E-state index is 12.0. The van der Waals surface area contributed by atoms with Crippen LogP contribution in [0.2, 0.25) is 10.0 Å². The lowest BCUT2D eigenvalue weighted by Gasteiger charge is -2.15. The van der Waals surface area contributed by atoms with Crippen LogP contribution in [0.4, 0.5) is 5.69 Å². The van der Waals surface area contributed by atoms with Gasteiger partial charge in [-0.15, -0.1) is 0 Å². The Hall–Kier alpha value is -2.24. The summed E-state index contributed by atoms with van der Waals surface area (Å²) in [6, 6.07) is 12.0. The second-order valence-corrected chi connectivity index (χ2v) is 6.15. The number of anilines is 1. The van der Waals surface area contributed by atoms with Crippen LogP contribution in [0.15, 0.2) is 42.5 Å². The summed E-state index contributed by atoms with van der Waals surface area (Å²) in [7, 11) is 0. The van der Waals surface area contributed by atoms with E-state index in [4.69, 9.17) is 32.7 Å². The quantitative estimate of drug-likeness (QED) is 0.759. The third-order valence-electron chi connectivity index (χ3n) is 3.29. The van der Waals surface area contributed by atoms with Gasteiger partial charge in [-0.1, -0.05) is 41.4 Å². The van der Waals surface area contributed by atoms with Gasteiger partial charge in [-0.3, -0.25) is 4.79 Å². The number of amides is 1. The van der Waals surface area contributed by atoms with Crippen LogP contribution >= 0.6 is 23.2 Å². The van der Waals surface area contributed by atoms with E-state index in [1.54, 1.807) is 24.3 Å². The fourth-order valence-corrected chi connectivity index (χ4v) is 2.42. The molecule has 2 rings (SSSR count). The molecule has 132 valence electrons. The number of ether oxygens (including phenoxy) is 2. The van der Waals surface area contributed by atoms with Crippen molar-refractivity contribution in [1.82, 2.24) is 0 Å². The van der Waals surface area contributed by atoms with Crippen LogP contribution in [0.5, 0.6) is 5.75 Å². The fraction of sp³-hybridized carbons (Fsp3) is 0.222. The molecule has 2 aromatic carbocycles. The molecule has 0 saturated heterocycles. The van der Waals surface area contributed by atoms with Crippen molar-refractivity contribution < 1.29 is 19.1 Å². The first-order valence-electron chi connectivity index (χ1n) is 7.50. The standard InChI is InChI=1S/C18H17Cl2NO4/c1-11-5-3-4-6-15(11)21-17(22)10-24-18(23)12(2)25-16-8-7-13(19)9-14(16)20/h3-9,12H,10H2,1-2H3,(H,21,22)/t12-/m0/s1. The summed E-state index contributed by atoms with van der Waals surface area (Å²) >= 11 is 11.8. The maximum Gasteiger partial charge on any atom is 0.347 e. The SMILES string of the molecule is Cc1ccccc1NC(=O)COC(=O)[C@H](C)Oc1ccc(Cl)cc1Cl. The molecule has 1 N–H and O–H groups in total. The van der Waals surface area contributed by atoms with Gasteiger partial charge < -0.3 is 14.8 Å². The van der Waals surface area contributed by atoms with E-state index in [0.717, 1.165) is 5.56 Å². The molecule has 25 heavy (non-hydrogen) atoms. The van der Waals surface area contributed by atoms with Crippen molar-refractivity contribution in [3.8, 4) is 5.75 Å². The number of esters is 1. The Balaban J connectivity index is 1.84. The van der Waals surface area contributed by atoms with Gasteiger partial charge in [-0.2, -0.15) is 0 Å². The van der Waals surface area contributed by atoms with E-state index >= 15 is 0 Å². The Bertz CT molecular complexity index is 779. The average Bonchev–Trinajstić information content (AvgIpc) is 2.57. The predicted molar refractivity (Wildman–Crippen MR) is 97.3 cm³/mol. The second kappa shape index (κ2) is 8.74. The molecule has 0 radical (unpaired) electrons. The normalized spacial score (nSPS) is 11.5. The van der Waals surface area contributed by atoms with Crippen molar-refractivity contribution in [1.29, 1.82) is 0 Å². The highest BCUT2D eigenvalue weighted by molar-refractivity contribution is 6.35. The Kier molecular flexibility index (Phi) is 6.67. The number of halogens is 2. The van der Waals surface area contributed by atoms with E-state index in [2.05, 4.69) is 5.32 Å². The number of aryl methyl sites for hydroxylation is 1. The Labute approximate surface area is 155 Å². The summed E-state index contributed by atoms with van der Waals surface area (Å²) in [5.41, 5.74) is 1.58. The van der Waals surface area contributed by atoms with Gasteiger partial charge in [0.2, 0.25) is 0 Å². The lowest BCUT2D eigenvalue weighted by Crippen LogP contribution is -2.30. The molecule has 0 aliphatic heterocycles. The van der Waals surface area contributed by atoms with E-state index in [1.165, 1.54) is 13.0 Å². The van der Waals surface area contributed by atoms with Crippen molar-refractivity contribution in [2.24, 2.45) is 0 Å². The molecule has 0 fully saturated rings. The predicted octanol–water partition coefficient (Wildman–Crippen LogP) is 4.25. The molecule has 1 atom stereocenters. The van der Waals surface area contributed by atoms with Gasteiger partial charge in [0.15, 0.2) is 12.7 Å². The first-order valence-corrected chi connectivity index (χ1v) is 8.26. The Morgan fingerprint density at radius 2 is 1.88 bits per heavy atom. The van der Waals surface area contributed by atoms with Crippen molar-refractivity contribution in [3.63, 3.8) is 0 Å². The Morgan fingerprint density at radius 3 is 2.56 bits per heavy atom. The van der Waals surface area contributed by atoms with Crippen molar-refractivity contribution in [2.45, 2.75) is 20.0 Å². The van der Waals surface area contributed by atoms with Crippen molar-refractivity contribution >= 4 is 40.8 Å². The van der Waals surface area contributed by atoms with E-state index in [0.29, 0.717) is 16.5 Å². The van der Waals surface area contributed by atoms with Crippen LogP contribution in [-0.2, 0) is 14.3 Å². The molecular formula is C18H17Cl2NO4. The van der Waals surface area contributed by atoms with E-state index in [1.807, 2.05) is 19.1 Å². The minimum absolute atomic E-state index is 0.282. The minimum Gasteiger partial charge on any atom is -0.477 e. The van der Waals surface area contributed by atoms with Crippen LogP contribution < -0.4 is 10.1 Å². The summed E-state index contributed by atoms with van der Waals surface area (Å²) in [5.74, 6) is -0.801. The zero-order chi connectivity index (χ0) is 18.4. The molecule has 0 aliphatic rings. The lowest BCUT2D eigenvalue weighted by molar-refractivity contribution is -0.153. The summed E-state index contributed by atoms with van der Waals surface area (Å²) in [5, 5.41) is 3.42. The summed E-state index contributed by atoms with van der Waals surface area (Å²) in [6.45, 7) is 2.97. The fourth-order valence-electron chi connectivity index (χ4n) is 1.96. The molecule has 1 amide bonds. The summed E-state index contributed by atoms with van der Waals surface area (Å²) < 4.78 is 10.4. The van der Waals surface area contributed by atoms with Crippen LogP contribution in [0.25, 0.3) is 0 Å². The van der Waals surface area contributed by atoms with Crippen molar-refractivity contribution in [3.05, 3.63) is 58.1 Å². The smallest absolute Gasteiger partial charge is 0.347 e. The molecule has 5 nitrogen and oxygen atoms in total. The largest absolute Gasteiger partial charge is 0.477 e. The highest BCUT2D eigenvalue weighted by Gasteiger charge is 2.19. The van der Waals surface area contributed by atoms with Crippen LogP contribution in [-0.4, -0.2) is 24.6 Å². The third-order valence-corrected chi connectivity index (χ3v) is 3.82. The van der Waals surface area contributed by atoms with E-state index < -0.39 is 24.6 Å². The molecule has 0 aromatic heterocycles. The first-order chi connectivity index (χ1) is 11.9. The zero-order valence-electron chi connectivity index (χ0n) is 13.7. The van der Waals surface area contributed by atoms with Crippen LogP contribution in [0.3, 0.4) is 0 Å². The third kappa shape index (κ3) is 5.66. The van der Waals surface area contributed by atoms with Gasteiger partial charge in [0, 0.05) is 10.7 Å². The number of benzene rings is 2. The molecule has 0 spiro atoms. The minimum atomic E-state index is -0.926. The number of rotatable bonds is 6. The van der Waals surface area contributed by atoms with Gasteiger partial charge in [-0.25, -0.2) is 4.79 Å². The van der Waals surface area contributed by atoms with Crippen molar-refractivity contribution in [2.75, 3.05) is 11.9 Å². The highest BCUT2D eigenvalue weighted by atomic mass is 35.5. The number of carbonyl (C=O) groups excluding carboxylic acids is 2. The van der Waals surface area contributed by atoms with Gasteiger partial charge in [0.1, 0.15) is 5.75 Å². The molecule has 7 heteroatoms. The van der Waals surface area contributed by atoms with E-state index in [-0.39, 0.29) is 5.02 Å². The first kappa shape index (κ1) is 19.1. The van der Waals surface area contributed by atoms with Gasteiger partial charge in [0.05, 0.1) is 5.02 Å². The average molecular weight is 382 g/mol. The molecule has 0 heterocycles. The molecule has 0 saturated carbocycles. The highest BCUT2D eigenvalue weighted by Crippen LogP contribution is 2.28. The lowest BCUT2D eigenvalue weighted by atomic mass is 10.2. The topological polar surface area (TPSA) is 64.6 Å². The number of nitrogens with one attached hydrogen (secondary N) is 1. The second-order valence-electron chi connectivity index (χ2n) is 5.31. The van der Waals surface area contributed by atoms with Gasteiger partial charge in [-0.05, 0) is 43.7 Å². The summed E-state index contributed by atoms with van der Waals surface area (Å²) in [4.78, 5) is 23.8. The number of para-hydroxylation sites is 1. The molecule has 0 unspecified atom stereocenters. The zero-order valence-corrected chi connectivity index (χ0v) is 15.2. The Morgan fingerprint density at radius 1 is 1.16 bits per heavy atom. The number of hydrogen-bond donors (Lipinski definition) is 1. The summed E-state index contributed by atoms with van der Waals surface area (Å²) in [6.07, 6.45) is -0.926. The van der Waals surface area contributed by atoms with E-state index in [9.17, 15) is 9.59 Å². The molecular weight excluding hydrogens is 365 g/mol. The van der Waals surface area contributed by atoms with Gasteiger partial charge >= 0.3 is 5.97 Å². The molecule has 2 aromatic rings. The monoisotopic (exact) mass is 381 g/mol. The van der Waals surface area contributed by atoms with Crippen LogP contribution in [0.1, 0.15) is 12.5 Å². The molecule has 0 aliphatic carbocycles.